The van der Waals surface area contributed by atoms with Gasteiger partial charge in [-0.15, -0.1) is 0 Å². The van der Waals surface area contributed by atoms with E-state index in [1.807, 2.05) is 32.0 Å². The van der Waals surface area contributed by atoms with Crippen molar-refractivity contribution in [1.29, 1.82) is 10.8 Å². The van der Waals surface area contributed by atoms with Crippen molar-refractivity contribution < 1.29 is 17.6 Å². The molecule has 0 unspecified atom stereocenters. The Hall–Kier alpha value is -3.20. The molecule has 3 aromatic rings. The third-order valence-corrected chi connectivity index (χ3v) is 6.63. The highest BCUT2D eigenvalue weighted by Crippen LogP contribution is 2.49. The summed E-state index contributed by atoms with van der Waals surface area (Å²) < 4.78 is 47.3. The number of amidine groups is 1. The van der Waals surface area contributed by atoms with Gasteiger partial charge in [0.2, 0.25) is 5.89 Å². The van der Waals surface area contributed by atoms with Crippen LogP contribution in [0.15, 0.2) is 40.8 Å². The molecule has 4 rings (SSSR count). The van der Waals surface area contributed by atoms with Crippen LogP contribution >= 0.6 is 0 Å². The molecule has 9 heteroatoms. The average Bonchev–Trinajstić information content (AvgIpc) is 3.22. The smallest absolute Gasteiger partial charge is 0.420 e. The normalized spacial score (nSPS) is 20.2. The van der Waals surface area contributed by atoms with Gasteiger partial charge in [0.05, 0.1) is 11.8 Å². The largest absolute Gasteiger partial charge is 0.435 e. The van der Waals surface area contributed by atoms with Gasteiger partial charge >= 0.3 is 6.18 Å². The molecule has 1 heterocycles. The summed E-state index contributed by atoms with van der Waals surface area (Å²) in [4.78, 5) is 5.91. The van der Waals surface area contributed by atoms with Gasteiger partial charge in [-0.2, -0.15) is 13.2 Å². The Morgan fingerprint density at radius 1 is 1.29 bits per heavy atom. The highest BCUT2D eigenvalue weighted by molar-refractivity contribution is 5.98. The van der Waals surface area contributed by atoms with Gasteiger partial charge in [-0.3, -0.25) is 10.8 Å². The van der Waals surface area contributed by atoms with Crippen molar-refractivity contribution in [2.75, 3.05) is 7.05 Å². The molecule has 3 N–H and O–H groups in total. The molecule has 0 bridgehead atoms. The van der Waals surface area contributed by atoms with Crippen molar-refractivity contribution in [3.05, 3.63) is 53.1 Å². The molecule has 1 aliphatic rings. The molecule has 0 saturated heterocycles. The summed E-state index contributed by atoms with van der Waals surface area (Å²) in [7, 11) is 1.68. The van der Waals surface area contributed by atoms with E-state index < -0.39 is 17.2 Å². The van der Waals surface area contributed by atoms with Crippen molar-refractivity contribution >= 4 is 23.3 Å². The van der Waals surface area contributed by atoms with Gasteiger partial charge in [0.1, 0.15) is 16.9 Å². The molecule has 1 saturated carbocycles. The third kappa shape index (κ3) is 4.69. The van der Waals surface area contributed by atoms with Crippen molar-refractivity contribution in [2.24, 2.45) is 5.92 Å². The fourth-order valence-electron chi connectivity index (χ4n) is 4.90. The maximum Gasteiger partial charge on any atom is 0.420 e. The Kier molecular flexibility index (Phi) is 6.48. The number of hydrogen-bond acceptors (Lipinski definition) is 5. The Bertz CT molecular complexity index is 1260. The number of hydrogen-bond donors (Lipinski definition) is 3. The predicted octanol–water partition coefficient (Wildman–Crippen LogP) is 6.20. The number of benzene rings is 2. The van der Waals surface area contributed by atoms with Crippen LogP contribution in [0.25, 0.3) is 22.6 Å². The van der Waals surface area contributed by atoms with E-state index in [2.05, 4.69) is 17.2 Å². The number of rotatable bonds is 7. The molecule has 1 aliphatic carbocycles. The van der Waals surface area contributed by atoms with Crippen molar-refractivity contribution in [3.8, 4) is 11.5 Å². The monoisotopic (exact) mass is 485 g/mol. The standard InChI is InChI=1S/C26H30F3N5O/c1-15(2)32-13-17-8-20(26(27,28)29)22-21(9-17)33-23(35-22)18-6-5-7-19(10-18)25(11-16(3)12-25)24(31)34(4)14-30/h5-10,14-16,30-32H,11-13H2,1-4H3. The number of alkyl halides is 3. The Balaban J connectivity index is 1.78. The SMILES string of the molecule is CC1CC(C(=N)N(C)C=N)(c2cccc(-c3nc4cc(CNC(C)C)cc(C(F)(F)F)c4o3)c2)C1. The summed E-state index contributed by atoms with van der Waals surface area (Å²) in [5.41, 5.74) is 0.380. The molecule has 0 atom stereocenters. The van der Waals surface area contributed by atoms with E-state index in [1.165, 1.54) is 4.90 Å². The van der Waals surface area contributed by atoms with E-state index in [9.17, 15) is 13.2 Å². The fourth-order valence-corrected chi connectivity index (χ4v) is 4.90. The number of halogens is 3. The summed E-state index contributed by atoms with van der Waals surface area (Å²) in [6.45, 7) is 6.27. The van der Waals surface area contributed by atoms with Gasteiger partial charge in [0.25, 0.3) is 0 Å². The van der Waals surface area contributed by atoms with Gasteiger partial charge in [-0.1, -0.05) is 32.9 Å². The van der Waals surface area contributed by atoms with Crippen LogP contribution < -0.4 is 5.32 Å². The highest BCUT2D eigenvalue weighted by atomic mass is 19.4. The predicted molar refractivity (Wildman–Crippen MR) is 131 cm³/mol. The van der Waals surface area contributed by atoms with Crippen LogP contribution in [0.3, 0.4) is 0 Å². The van der Waals surface area contributed by atoms with Crippen LogP contribution in [-0.2, 0) is 18.1 Å². The van der Waals surface area contributed by atoms with Gasteiger partial charge in [-0.05, 0) is 54.2 Å². The third-order valence-electron chi connectivity index (χ3n) is 6.63. The lowest BCUT2D eigenvalue weighted by Gasteiger charge is -2.48. The van der Waals surface area contributed by atoms with Gasteiger partial charge < -0.3 is 14.6 Å². The molecule has 0 spiro atoms. The molecule has 2 aromatic carbocycles. The highest BCUT2D eigenvalue weighted by Gasteiger charge is 2.48. The van der Waals surface area contributed by atoms with Crippen molar-refractivity contribution in [1.82, 2.24) is 15.2 Å². The summed E-state index contributed by atoms with van der Waals surface area (Å²) in [6, 6.07) is 10.2. The molecular formula is C26H30F3N5O. The number of nitrogens with one attached hydrogen (secondary N) is 3. The lowest BCUT2D eigenvalue weighted by Crippen LogP contribution is -2.52. The van der Waals surface area contributed by atoms with Crippen LogP contribution in [-0.4, -0.2) is 35.1 Å². The quantitative estimate of drug-likeness (QED) is 0.275. The first-order valence-corrected chi connectivity index (χ1v) is 11.6. The molecule has 0 amide bonds. The second kappa shape index (κ2) is 9.11. The lowest BCUT2D eigenvalue weighted by atomic mass is 9.58. The lowest BCUT2D eigenvalue weighted by molar-refractivity contribution is -0.136. The van der Waals surface area contributed by atoms with E-state index in [0.29, 0.717) is 22.9 Å². The van der Waals surface area contributed by atoms with Gasteiger partial charge in [0, 0.05) is 25.2 Å². The summed E-state index contributed by atoms with van der Waals surface area (Å²) in [5, 5.41) is 19.4. The number of fused-ring (bicyclic) bond motifs is 1. The zero-order valence-corrected chi connectivity index (χ0v) is 20.3. The summed E-state index contributed by atoms with van der Waals surface area (Å²) in [6.07, 6.45) is -1.96. The van der Waals surface area contributed by atoms with Crippen LogP contribution in [0, 0.1) is 16.7 Å². The molecule has 0 aliphatic heterocycles. The van der Waals surface area contributed by atoms with Crippen LogP contribution in [0.4, 0.5) is 13.2 Å². The van der Waals surface area contributed by atoms with Crippen molar-refractivity contribution in [3.63, 3.8) is 0 Å². The molecule has 35 heavy (non-hydrogen) atoms. The second-order valence-electron chi connectivity index (χ2n) is 9.81. The van der Waals surface area contributed by atoms with Crippen LogP contribution in [0.2, 0.25) is 0 Å². The van der Waals surface area contributed by atoms with E-state index in [0.717, 1.165) is 30.8 Å². The van der Waals surface area contributed by atoms with Crippen LogP contribution in [0.1, 0.15) is 50.3 Å². The molecular weight excluding hydrogens is 455 g/mol. The van der Waals surface area contributed by atoms with E-state index in [4.69, 9.17) is 15.2 Å². The van der Waals surface area contributed by atoms with Crippen molar-refractivity contribution in [2.45, 2.75) is 57.8 Å². The maximum absolute atomic E-state index is 13.9. The van der Waals surface area contributed by atoms with E-state index >= 15 is 0 Å². The second-order valence-corrected chi connectivity index (χ2v) is 9.81. The minimum absolute atomic E-state index is 0.107. The minimum Gasteiger partial charge on any atom is -0.435 e. The Morgan fingerprint density at radius 3 is 2.60 bits per heavy atom. The maximum atomic E-state index is 13.9. The number of likely N-dealkylation sites (N-methyl/N-ethyl adjacent to an activating group) is 1. The molecule has 1 aromatic heterocycles. The first kappa shape index (κ1) is 24.9. The molecule has 1 fully saturated rings. The zero-order chi connectivity index (χ0) is 25.5. The Morgan fingerprint density at radius 2 is 2.00 bits per heavy atom. The summed E-state index contributed by atoms with van der Waals surface area (Å²) in [5.74, 6) is 0.854. The molecule has 6 nitrogen and oxygen atoms in total. The molecule has 186 valence electrons. The van der Waals surface area contributed by atoms with Crippen LogP contribution in [0.5, 0.6) is 0 Å². The van der Waals surface area contributed by atoms with Gasteiger partial charge in [0.15, 0.2) is 5.58 Å². The average molecular weight is 486 g/mol. The number of nitrogens with zero attached hydrogens (tertiary/aromatic N) is 2. The fraction of sp³-hybridized carbons (Fsp3) is 0.423. The Labute approximate surface area is 202 Å². The molecule has 0 radical (unpaired) electrons. The minimum atomic E-state index is -4.58. The zero-order valence-electron chi connectivity index (χ0n) is 20.3. The topological polar surface area (TPSA) is 89.0 Å². The first-order chi connectivity index (χ1) is 16.4. The number of oxazole rings is 1. The van der Waals surface area contributed by atoms with E-state index in [1.54, 1.807) is 19.2 Å². The van der Waals surface area contributed by atoms with Gasteiger partial charge in [-0.25, -0.2) is 4.98 Å². The summed E-state index contributed by atoms with van der Waals surface area (Å²) >= 11 is 0. The number of aromatic nitrogens is 1. The first-order valence-electron chi connectivity index (χ1n) is 11.6. The van der Waals surface area contributed by atoms with E-state index in [-0.39, 0.29) is 29.6 Å².